The van der Waals surface area contributed by atoms with Crippen LogP contribution in [-0.4, -0.2) is 22.8 Å². The SMILES string of the molecule is Cc1ccc([C@H](C)N(C)C(=O)c2ccc[nH]c2=O)s1. The lowest BCUT2D eigenvalue weighted by Crippen LogP contribution is -2.33. The molecule has 0 spiro atoms. The molecule has 0 unspecified atom stereocenters. The van der Waals surface area contributed by atoms with E-state index >= 15 is 0 Å². The Kier molecular flexibility index (Phi) is 3.85. The molecule has 0 aromatic carbocycles. The number of hydrogen-bond acceptors (Lipinski definition) is 3. The second-order valence-corrected chi connectivity index (χ2v) is 5.77. The van der Waals surface area contributed by atoms with Gasteiger partial charge in [0, 0.05) is 23.0 Å². The Balaban J connectivity index is 2.25. The Morgan fingerprint density at radius 2 is 2.11 bits per heavy atom. The van der Waals surface area contributed by atoms with Crippen LogP contribution in [0.5, 0.6) is 0 Å². The molecule has 0 radical (unpaired) electrons. The molecule has 2 heterocycles. The zero-order valence-corrected chi connectivity index (χ0v) is 12.0. The summed E-state index contributed by atoms with van der Waals surface area (Å²) in [5, 5.41) is 0. The third kappa shape index (κ3) is 2.76. The first-order valence-corrected chi connectivity index (χ1v) is 6.83. The average Bonchev–Trinajstić information content (AvgIpc) is 2.83. The van der Waals surface area contributed by atoms with Gasteiger partial charge in [0.1, 0.15) is 5.56 Å². The minimum Gasteiger partial charge on any atom is -0.334 e. The number of amides is 1. The summed E-state index contributed by atoms with van der Waals surface area (Å²) in [6, 6.07) is 7.20. The molecule has 2 aromatic heterocycles. The summed E-state index contributed by atoms with van der Waals surface area (Å²) in [6.45, 7) is 3.99. The highest BCUT2D eigenvalue weighted by Gasteiger charge is 2.21. The van der Waals surface area contributed by atoms with Gasteiger partial charge >= 0.3 is 0 Å². The van der Waals surface area contributed by atoms with Gasteiger partial charge in [0.25, 0.3) is 11.5 Å². The summed E-state index contributed by atoms with van der Waals surface area (Å²) in [4.78, 5) is 30.4. The molecule has 2 aromatic rings. The van der Waals surface area contributed by atoms with Gasteiger partial charge in [-0.05, 0) is 38.1 Å². The number of carbonyl (C=O) groups excluding carboxylic acids is 1. The van der Waals surface area contributed by atoms with Crippen molar-refractivity contribution in [1.29, 1.82) is 0 Å². The number of rotatable bonds is 3. The summed E-state index contributed by atoms with van der Waals surface area (Å²) < 4.78 is 0. The molecule has 0 bridgehead atoms. The molecule has 0 aliphatic carbocycles. The van der Waals surface area contributed by atoms with E-state index in [4.69, 9.17) is 0 Å². The van der Waals surface area contributed by atoms with E-state index in [1.807, 2.05) is 26.0 Å². The number of aromatic nitrogens is 1. The molecule has 0 aliphatic heterocycles. The Bertz CT molecular complexity index is 645. The van der Waals surface area contributed by atoms with Gasteiger partial charge < -0.3 is 9.88 Å². The molecule has 100 valence electrons. The van der Waals surface area contributed by atoms with Crippen LogP contribution in [0.4, 0.5) is 0 Å². The van der Waals surface area contributed by atoms with Crippen LogP contribution in [0.25, 0.3) is 0 Å². The van der Waals surface area contributed by atoms with Gasteiger partial charge in [-0.2, -0.15) is 0 Å². The molecular formula is C14H16N2O2S. The van der Waals surface area contributed by atoms with Gasteiger partial charge in [0.15, 0.2) is 0 Å². The Morgan fingerprint density at radius 1 is 1.37 bits per heavy atom. The highest BCUT2D eigenvalue weighted by atomic mass is 32.1. The standard InChI is InChI=1S/C14H16N2O2S/c1-9-6-7-12(19-9)10(2)16(3)14(18)11-5-4-8-15-13(11)17/h4-8,10H,1-3H3,(H,15,17)/t10-/m0/s1. The number of aromatic amines is 1. The van der Waals surface area contributed by atoms with Crippen LogP contribution in [0.3, 0.4) is 0 Å². The minimum atomic E-state index is -0.353. The van der Waals surface area contributed by atoms with Crippen molar-refractivity contribution in [1.82, 2.24) is 9.88 Å². The number of thiophene rings is 1. The lowest BCUT2D eigenvalue weighted by atomic mass is 10.2. The molecule has 5 heteroatoms. The monoisotopic (exact) mass is 276 g/mol. The summed E-state index contributed by atoms with van der Waals surface area (Å²) in [6.07, 6.45) is 1.52. The van der Waals surface area contributed by atoms with Crippen molar-refractivity contribution >= 4 is 17.2 Å². The van der Waals surface area contributed by atoms with Gasteiger partial charge in [-0.15, -0.1) is 11.3 Å². The summed E-state index contributed by atoms with van der Waals surface area (Å²) in [5.41, 5.74) is -0.181. The van der Waals surface area contributed by atoms with E-state index in [1.54, 1.807) is 35.4 Å². The normalized spacial score (nSPS) is 12.2. The third-order valence-electron chi connectivity index (χ3n) is 3.12. The fourth-order valence-corrected chi connectivity index (χ4v) is 2.80. The Hall–Kier alpha value is -1.88. The molecule has 1 atom stereocenters. The highest BCUT2D eigenvalue weighted by Crippen LogP contribution is 2.26. The Morgan fingerprint density at radius 3 is 2.68 bits per heavy atom. The second kappa shape index (κ2) is 5.40. The van der Waals surface area contributed by atoms with E-state index < -0.39 is 0 Å². The quantitative estimate of drug-likeness (QED) is 0.936. The molecule has 0 aliphatic rings. The van der Waals surface area contributed by atoms with Crippen molar-refractivity contribution in [3.05, 3.63) is 56.1 Å². The maximum absolute atomic E-state index is 12.3. The van der Waals surface area contributed by atoms with Crippen molar-refractivity contribution in [2.45, 2.75) is 19.9 Å². The van der Waals surface area contributed by atoms with Gasteiger partial charge in [-0.25, -0.2) is 0 Å². The van der Waals surface area contributed by atoms with Crippen LogP contribution < -0.4 is 5.56 Å². The minimum absolute atomic E-state index is 0.0502. The maximum atomic E-state index is 12.3. The number of pyridine rings is 1. The molecular weight excluding hydrogens is 260 g/mol. The molecule has 19 heavy (non-hydrogen) atoms. The average molecular weight is 276 g/mol. The number of hydrogen-bond donors (Lipinski definition) is 1. The lowest BCUT2D eigenvalue weighted by molar-refractivity contribution is 0.0743. The number of nitrogens with zero attached hydrogens (tertiary/aromatic N) is 1. The van der Waals surface area contributed by atoms with Crippen LogP contribution >= 0.6 is 11.3 Å². The fraction of sp³-hybridized carbons (Fsp3) is 0.286. The van der Waals surface area contributed by atoms with Crippen molar-refractivity contribution in [2.24, 2.45) is 0 Å². The van der Waals surface area contributed by atoms with Crippen molar-refractivity contribution < 1.29 is 4.79 Å². The predicted octanol–water partition coefficient (Wildman–Crippen LogP) is 2.58. The van der Waals surface area contributed by atoms with E-state index in [2.05, 4.69) is 4.98 Å². The smallest absolute Gasteiger partial charge is 0.260 e. The van der Waals surface area contributed by atoms with E-state index in [1.165, 1.54) is 11.1 Å². The van der Waals surface area contributed by atoms with Crippen LogP contribution in [-0.2, 0) is 0 Å². The topological polar surface area (TPSA) is 53.2 Å². The Labute approximate surface area is 115 Å². The molecule has 1 N–H and O–H groups in total. The van der Waals surface area contributed by atoms with Crippen LogP contribution in [0.1, 0.15) is 33.1 Å². The predicted molar refractivity (Wildman–Crippen MR) is 76.6 cm³/mol. The molecule has 4 nitrogen and oxygen atoms in total. The maximum Gasteiger partial charge on any atom is 0.260 e. The number of nitrogens with one attached hydrogen (secondary N) is 1. The zero-order valence-electron chi connectivity index (χ0n) is 11.1. The lowest BCUT2D eigenvalue weighted by Gasteiger charge is -2.23. The third-order valence-corrected chi connectivity index (χ3v) is 4.29. The molecule has 0 fully saturated rings. The van der Waals surface area contributed by atoms with Gasteiger partial charge in [-0.3, -0.25) is 9.59 Å². The summed E-state index contributed by atoms with van der Waals surface area (Å²) >= 11 is 1.66. The summed E-state index contributed by atoms with van der Waals surface area (Å²) in [7, 11) is 1.72. The molecule has 0 saturated carbocycles. The van der Waals surface area contributed by atoms with Crippen LogP contribution in [0.2, 0.25) is 0 Å². The van der Waals surface area contributed by atoms with Crippen molar-refractivity contribution in [3.63, 3.8) is 0 Å². The molecule has 0 saturated heterocycles. The first-order chi connectivity index (χ1) is 9.00. The van der Waals surface area contributed by atoms with E-state index in [0.717, 1.165) is 4.88 Å². The number of H-pyrrole nitrogens is 1. The van der Waals surface area contributed by atoms with E-state index in [9.17, 15) is 9.59 Å². The van der Waals surface area contributed by atoms with Gasteiger partial charge in [-0.1, -0.05) is 0 Å². The van der Waals surface area contributed by atoms with Crippen molar-refractivity contribution in [2.75, 3.05) is 7.05 Å². The van der Waals surface area contributed by atoms with Gasteiger partial charge in [0.2, 0.25) is 0 Å². The second-order valence-electron chi connectivity index (χ2n) is 4.45. The number of carbonyl (C=O) groups is 1. The van der Waals surface area contributed by atoms with E-state index in [-0.39, 0.29) is 23.1 Å². The van der Waals surface area contributed by atoms with Crippen LogP contribution in [0.15, 0.2) is 35.3 Å². The largest absolute Gasteiger partial charge is 0.334 e. The first kappa shape index (κ1) is 13.5. The number of aryl methyl sites for hydroxylation is 1. The van der Waals surface area contributed by atoms with E-state index in [0.29, 0.717) is 0 Å². The summed E-state index contributed by atoms with van der Waals surface area (Å²) in [5.74, 6) is -0.264. The molecule has 2 rings (SSSR count). The van der Waals surface area contributed by atoms with Gasteiger partial charge in [0.05, 0.1) is 6.04 Å². The fourth-order valence-electron chi connectivity index (χ4n) is 1.82. The highest BCUT2D eigenvalue weighted by molar-refractivity contribution is 7.12. The molecule has 1 amide bonds. The zero-order chi connectivity index (χ0) is 14.0. The van der Waals surface area contributed by atoms with Crippen LogP contribution in [0, 0.1) is 6.92 Å². The first-order valence-electron chi connectivity index (χ1n) is 6.02. The van der Waals surface area contributed by atoms with Crippen molar-refractivity contribution in [3.8, 4) is 0 Å².